The van der Waals surface area contributed by atoms with Crippen LogP contribution in [0, 0.1) is 28.6 Å². The number of hydrogen-bond acceptors (Lipinski definition) is 4. The van der Waals surface area contributed by atoms with Gasteiger partial charge in [-0.1, -0.05) is 15.9 Å². The van der Waals surface area contributed by atoms with E-state index in [2.05, 4.69) is 22.0 Å². The Hall–Kier alpha value is -1.54. The minimum absolute atomic E-state index is 0.0878. The number of alkyl halides is 1. The van der Waals surface area contributed by atoms with Gasteiger partial charge < -0.3 is 9.47 Å². The summed E-state index contributed by atoms with van der Waals surface area (Å²) in [5, 5.41) is 8.98. The van der Waals surface area contributed by atoms with E-state index >= 15 is 0 Å². The Labute approximate surface area is 156 Å². The first-order valence-electron chi connectivity index (χ1n) is 8.90. The molecule has 132 valence electrons. The highest BCUT2D eigenvalue weighted by molar-refractivity contribution is 9.10. The first-order chi connectivity index (χ1) is 11.9. The van der Waals surface area contributed by atoms with Crippen LogP contribution in [-0.4, -0.2) is 17.4 Å². The molecule has 2 unspecified atom stereocenters. The predicted octanol–water partition coefficient (Wildman–Crippen LogP) is 4.60. The monoisotopic (exact) mass is 403 g/mol. The number of carbonyl (C=O) groups excluding carboxylic acids is 1. The maximum Gasteiger partial charge on any atom is 0.311 e. The van der Waals surface area contributed by atoms with E-state index < -0.39 is 0 Å². The molecule has 25 heavy (non-hydrogen) atoms. The van der Waals surface area contributed by atoms with E-state index in [0.717, 1.165) is 31.1 Å². The minimum atomic E-state index is -0.193. The van der Waals surface area contributed by atoms with Gasteiger partial charge in [-0.15, -0.1) is 0 Å². The summed E-state index contributed by atoms with van der Waals surface area (Å²) in [7, 11) is 1.52. The van der Waals surface area contributed by atoms with Gasteiger partial charge in [0.15, 0.2) is 11.5 Å². The van der Waals surface area contributed by atoms with Crippen LogP contribution in [0.2, 0.25) is 0 Å². The number of esters is 1. The zero-order valence-electron chi connectivity index (χ0n) is 14.4. The molecule has 5 rings (SSSR count). The Morgan fingerprint density at radius 2 is 2.00 bits per heavy atom. The summed E-state index contributed by atoms with van der Waals surface area (Å²) in [5.74, 6) is 2.12. The molecule has 0 heterocycles. The summed E-state index contributed by atoms with van der Waals surface area (Å²) in [6.07, 6.45) is 7.68. The zero-order chi connectivity index (χ0) is 17.7. The molecule has 4 aliphatic carbocycles. The van der Waals surface area contributed by atoms with Crippen LogP contribution >= 0.6 is 15.9 Å². The Kier molecular flexibility index (Phi) is 4.07. The minimum Gasteiger partial charge on any atom is -0.493 e. The number of ether oxygens (including phenoxy) is 2. The fraction of sp³-hybridized carbons (Fsp3) is 0.600. The van der Waals surface area contributed by atoms with E-state index in [-0.39, 0.29) is 15.7 Å². The molecule has 0 radical (unpaired) electrons. The first kappa shape index (κ1) is 16.9. The third-order valence-corrected chi connectivity index (χ3v) is 7.07. The van der Waals surface area contributed by atoms with Gasteiger partial charge in [0.1, 0.15) is 0 Å². The molecule has 4 nitrogen and oxygen atoms in total. The van der Waals surface area contributed by atoms with Crippen molar-refractivity contribution < 1.29 is 14.3 Å². The standard InChI is InChI=1S/C20H22BrNO3/c1-24-17-5-13(11-22)2-3-16(17)25-18(23)10-19-6-14-4-15(7-19)9-20(21,8-14)12-19/h2-3,5,14-15H,4,6-10,12H2,1H3. The van der Waals surface area contributed by atoms with Gasteiger partial charge in [0.2, 0.25) is 0 Å². The summed E-state index contributed by atoms with van der Waals surface area (Å²) in [5.41, 5.74) is 0.573. The van der Waals surface area contributed by atoms with Gasteiger partial charge in [-0.25, -0.2) is 0 Å². The van der Waals surface area contributed by atoms with Crippen LogP contribution in [0.5, 0.6) is 11.5 Å². The molecule has 4 fully saturated rings. The lowest BCUT2D eigenvalue weighted by Crippen LogP contribution is -2.53. The van der Waals surface area contributed by atoms with Crippen molar-refractivity contribution in [3.05, 3.63) is 23.8 Å². The Bertz CT molecular complexity index is 740. The van der Waals surface area contributed by atoms with Crippen molar-refractivity contribution in [3.63, 3.8) is 0 Å². The Balaban J connectivity index is 1.49. The highest BCUT2D eigenvalue weighted by atomic mass is 79.9. The van der Waals surface area contributed by atoms with E-state index in [1.54, 1.807) is 18.2 Å². The lowest BCUT2D eigenvalue weighted by atomic mass is 9.49. The Morgan fingerprint density at radius 1 is 1.28 bits per heavy atom. The topological polar surface area (TPSA) is 59.3 Å². The van der Waals surface area contributed by atoms with Crippen molar-refractivity contribution in [2.75, 3.05) is 7.11 Å². The molecule has 1 aromatic rings. The van der Waals surface area contributed by atoms with E-state index in [9.17, 15) is 4.79 Å². The molecule has 0 aromatic heterocycles. The second-order valence-corrected chi connectivity index (χ2v) is 9.92. The third kappa shape index (κ3) is 3.17. The molecular formula is C20H22BrNO3. The molecule has 4 aliphatic rings. The molecule has 4 bridgehead atoms. The normalized spacial score (nSPS) is 35.2. The van der Waals surface area contributed by atoms with Crippen LogP contribution in [0.3, 0.4) is 0 Å². The van der Waals surface area contributed by atoms with Crippen LogP contribution in [0.25, 0.3) is 0 Å². The van der Waals surface area contributed by atoms with Crippen molar-refractivity contribution >= 4 is 21.9 Å². The lowest BCUT2D eigenvalue weighted by Gasteiger charge is -2.60. The highest BCUT2D eigenvalue weighted by Crippen LogP contribution is 2.65. The molecule has 2 atom stereocenters. The predicted molar refractivity (Wildman–Crippen MR) is 96.7 cm³/mol. The average molecular weight is 404 g/mol. The van der Waals surface area contributed by atoms with E-state index in [4.69, 9.17) is 14.7 Å². The van der Waals surface area contributed by atoms with Gasteiger partial charge in [0.05, 0.1) is 25.2 Å². The number of nitriles is 1. The van der Waals surface area contributed by atoms with Crippen molar-refractivity contribution in [1.29, 1.82) is 5.26 Å². The summed E-state index contributed by atoms with van der Waals surface area (Å²) in [4.78, 5) is 12.7. The Morgan fingerprint density at radius 3 is 2.60 bits per heavy atom. The molecule has 0 amide bonds. The first-order valence-corrected chi connectivity index (χ1v) is 9.70. The zero-order valence-corrected chi connectivity index (χ0v) is 16.0. The lowest BCUT2D eigenvalue weighted by molar-refractivity contribution is -0.141. The summed E-state index contributed by atoms with van der Waals surface area (Å²) in [6.45, 7) is 0. The number of methoxy groups -OCH3 is 1. The molecule has 0 aliphatic heterocycles. The fourth-order valence-electron chi connectivity index (χ4n) is 5.83. The molecule has 1 aromatic carbocycles. The number of nitrogens with zero attached hydrogens (tertiary/aromatic N) is 1. The van der Waals surface area contributed by atoms with Crippen LogP contribution in [0.15, 0.2) is 18.2 Å². The quantitative estimate of drug-likeness (QED) is 0.418. The summed E-state index contributed by atoms with van der Waals surface area (Å²) >= 11 is 3.99. The highest BCUT2D eigenvalue weighted by Gasteiger charge is 2.57. The number of rotatable bonds is 4. The van der Waals surface area contributed by atoms with Gasteiger partial charge in [-0.3, -0.25) is 4.79 Å². The van der Waals surface area contributed by atoms with Gasteiger partial charge in [-0.2, -0.15) is 5.26 Å². The number of benzene rings is 1. The van der Waals surface area contributed by atoms with Crippen molar-refractivity contribution in [2.24, 2.45) is 17.3 Å². The second kappa shape index (κ2) is 6.02. The molecule has 4 saturated carbocycles. The number of carbonyl (C=O) groups is 1. The third-order valence-electron chi connectivity index (χ3n) is 6.15. The number of hydrogen-bond donors (Lipinski definition) is 0. The van der Waals surface area contributed by atoms with Gasteiger partial charge in [0, 0.05) is 10.4 Å². The van der Waals surface area contributed by atoms with Crippen molar-refractivity contribution in [2.45, 2.75) is 49.3 Å². The largest absolute Gasteiger partial charge is 0.493 e. The summed E-state index contributed by atoms with van der Waals surface area (Å²) in [6, 6.07) is 6.94. The van der Waals surface area contributed by atoms with E-state index in [0.29, 0.717) is 23.5 Å². The maximum absolute atomic E-state index is 12.7. The van der Waals surface area contributed by atoms with Crippen LogP contribution < -0.4 is 9.47 Å². The SMILES string of the molecule is COc1cc(C#N)ccc1OC(=O)CC12CC3CC(CC(Br)(C3)C1)C2. The van der Waals surface area contributed by atoms with Crippen LogP contribution in [0.4, 0.5) is 0 Å². The molecular weight excluding hydrogens is 382 g/mol. The van der Waals surface area contributed by atoms with Gasteiger partial charge in [-0.05, 0) is 67.9 Å². The van der Waals surface area contributed by atoms with Crippen molar-refractivity contribution in [1.82, 2.24) is 0 Å². The van der Waals surface area contributed by atoms with Crippen molar-refractivity contribution in [3.8, 4) is 17.6 Å². The summed E-state index contributed by atoms with van der Waals surface area (Å²) < 4.78 is 11.1. The van der Waals surface area contributed by atoms with Crippen LogP contribution in [-0.2, 0) is 4.79 Å². The van der Waals surface area contributed by atoms with Crippen LogP contribution in [0.1, 0.15) is 50.5 Å². The second-order valence-electron chi connectivity index (χ2n) is 8.24. The molecule has 0 spiro atoms. The molecule has 0 N–H and O–H groups in total. The van der Waals surface area contributed by atoms with Gasteiger partial charge >= 0.3 is 5.97 Å². The smallest absolute Gasteiger partial charge is 0.311 e. The molecule has 0 saturated heterocycles. The number of halogens is 1. The average Bonchev–Trinajstić information content (AvgIpc) is 2.52. The maximum atomic E-state index is 12.7. The molecule has 5 heteroatoms. The fourth-order valence-corrected chi connectivity index (χ4v) is 7.34. The van der Waals surface area contributed by atoms with Gasteiger partial charge in [0.25, 0.3) is 0 Å². The van der Waals surface area contributed by atoms with E-state index in [1.807, 2.05) is 0 Å². The van der Waals surface area contributed by atoms with E-state index in [1.165, 1.54) is 26.4 Å².